The van der Waals surface area contributed by atoms with Crippen LogP contribution in [-0.2, 0) is 4.74 Å². The first-order valence-electron chi connectivity index (χ1n) is 14.5. The Morgan fingerprint density at radius 2 is 1.76 bits per heavy atom. The Hall–Kier alpha value is -3.90. The standard InChI is InChI=1S/C35H41N3O2Si/c1-35(2,3)40-34(39)38-20-11-15-32(38)33-36-24-31(37-33)29-19-17-26(13-9-10-21-41(4,5)6)30(23-29)28-18-16-25-12-7-8-14-27(25)22-28/h7-10,12-14,16-19,21-24,32H,11,15,20H2,1-6H3,(H,36,37)/t32-/m0/s1. The van der Waals surface area contributed by atoms with E-state index in [1.807, 2.05) is 27.0 Å². The first kappa shape index (κ1) is 28.6. The summed E-state index contributed by atoms with van der Waals surface area (Å²) >= 11 is 0. The van der Waals surface area contributed by atoms with Gasteiger partial charge in [-0.15, -0.1) is 0 Å². The van der Waals surface area contributed by atoms with Crippen molar-refractivity contribution < 1.29 is 9.53 Å². The number of likely N-dealkylation sites (tertiary alicyclic amines) is 1. The monoisotopic (exact) mass is 563 g/mol. The average molecular weight is 564 g/mol. The predicted octanol–water partition coefficient (Wildman–Crippen LogP) is 9.42. The summed E-state index contributed by atoms with van der Waals surface area (Å²) in [4.78, 5) is 22.9. The van der Waals surface area contributed by atoms with Crippen LogP contribution in [0, 0.1) is 0 Å². The van der Waals surface area contributed by atoms with Gasteiger partial charge in [-0.2, -0.15) is 0 Å². The molecule has 0 saturated carbocycles. The third kappa shape index (κ3) is 7.06. The number of allylic oxidation sites excluding steroid dienone is 2. The molecule has 1 aromatic heterocycles. The molecule has 0 radical (unpaired) electrons. The van der Waals surface area contributed by atoms with Crippen LogP contribution in [0.1, 0.15) is 51.0 Å². The van der Waals surface area contributed by atoms with Gasteiger partial charge >= 0.3 is 6.09 Å². The molecule has 1 aliphatic heterocycles. The average Bonchev–Trinajstić information content (AvgIpc) is 3.59. The molecule has 0 aliphatic carbocycles. The lowest BCUT2D eigenvalue weighted by molar-refractivity contribution is 0.0218. The fourth-order valence-electron chi connectivity index (χ4n) is 5.22. The van der Waals surface area contributed by atoms with Crippen LogP contribution in [0.4, 0.5) is 4.79 Å². The summed E-state index contributed by atoms with van der Waals surface area (Å²) in [6, 6.07) is 21.6. The number of hydrogen-bond acceptors (Lipinski definition) is 3. The lowest BCUT2D eigenvalue weighted by Gasteiger charge is -2.27. The van der Waals surface area contributed by atoms with Crippen molar-refractivity contribution in [3.05, 3.63) is 96.1 Å². The number of nitrogens with zero attached hydrogens (tertiary/aromatic N) is 2. The van der Waals surface area contributed by atoms with Crippen LogP contribution in [0.15, 0.2) is 84.7 Å². The van der Waals surface area contributed by atoms with Gasteiger partial charge in [-0.1, -0.05) is 92.1 Å². The van der Waals surface area contributed by atoms with E-state index in [1.54, 1.807) is 4.90 Å². The molecule has 2 heterocycles. The Morgan fingerprint density at radius 1 is 1.00 bits per heavy atom. The van der Waals surface area contributed by atoms with Crippen molar-refractivity contribution in [2.45, 2.75) is 64.9 Å². The van der Waals surface area contributed by atoms with E-state index in [9.17, 15) is 4.79 Å². The van der Waals surface area contributed by atoms with Gasteiger partial charge in [-0.3, -0.25) is 4.90 Å². The first-order chi connectivity index (χ1) is 19.5. The molecule has 0 bridgehead atoms. The van der Waals surface area contributed by atoms with Crippen LogP contribution in [0.5, 0.6) is 0 Å². The number of fused-ring (bicyclic) bond motifs is 1. The highest BCUT2D eigenvalue weighted by Gasteiger charge is 2.34. The van der Waals surface area contributed by atoms with Crippen molar-refractivity contribution in [2.24, 2.45) is 0 Å². The van der Waals surface area contributed by atoms with Crippen molar-refractivity contribution in [3.8, 4) is 22.4 Å². The van der Waals surface area contributed by atoms with E-state index in [0.717, 1.165) is 35.5 Å². The summed E-state index contributed by atoms with van der Waals surface area (Å²) in [7, 11) is -1.27. The number of rotatable bonds is 6. The van der Waals surface area contributed by atoms with E-state index in [2.05, 4.69) is 109 Å². The highest BCUT2D eigenvalue weighted by molar-refractivity contribution is 6.81. The molecule has 5 rings (SSSR count). The Morgan fingerprint density at radius 3 is 2.51 bits per heavy atom. The lowest BCUT2D eigenvalue weighted by atomic mass is 9.94. The minimum absolute atomic E-state index is 0.112. The van der Waals surface area contributed by atoms with E-state index >= 15 is 0 Å². The minimum Gasteiger partial charge on any atom is -0.444 e. The molecular weight excluding hydrogens is 522 g/mol. The van der Waals surface area contributed by atoms with Crippen LogP contribution < -0.4 is 0 Å². The zero-order valence-corrected chi connectivity index (χ0v) is 26.1. The van der Waals surface area contributed by atoms with Gasteiger partial charge in [-0.05, 0) is 73.2 Å². The second-order valence-corrected chi connectivity index (χ2v) is 18.0. The number of H-pyrrole nitrogens is 1. The SMILES string of the molecule is CC(C)(C)OC(=O)N1CCC[C@H]1c1ncc(-c2ccc(C=CC=C[Si](C)(C)C)c(-c3ccc4ccccc4c3)c2)[nH]1. The Kier molecular flexibility index (Phi) is 8.05. The number of nitrogens with one attached hydrogen (secondary N) is 1. The summed E-state index contributed by atoms with van der Waals surface area (Å²) in [6.07, 6.45) is 9.92. The molecule has 1 aliphatic rings. The molecule has 4 aromatic rings. The molecule has 0 spiro atoms. The summed E-state index contributed by atoms with van der Waals surface area (Å²) < 4.78 is 5.67. The molecule has 1 fully saturated rings. The lowest BCUT2D eigenvalue weighted by Crippen LogP contribution is -2.36. The molecule has 1 amide bonds. The van der Waals surface area contributed by atoms with Crippen LogP contribution >= 0.6 is 0 Å². The maximum Gasteiger partial charge on any atom is 0.410 e. The Balaban J connectivity index is 1.49. The molecule has 6 heteroatoms. The highest BCUT2D eigenvalue weighted by Crippen LogP contribution is 2.35. The number of benzene rings is 3. The normalized spacial score (nSPS) is 16.3. The van der Waals surface area contributed by atoms with Gasteiger partial charge in [0.25, 0.3) is 0 Å². The van der Waals surface area contributed by atoms with Crippen LogP contribution in [0.25, 0.3) is 39.2 Å². The van der Waals surface area contributed by atoms with Gasteiger partial charge in [0.1, 0.15) is 11.4 Å². The van der Waals surface area contributed by atoms with Crippen molar-refractivity contribution in [2.75, 3.05) is 6.54 Å². The summed E-state index contributed by atoms with van der Waals surface area (Å²) in [5.74, 6) is 0.802. The molecule has 3 aromatic carbocycles. The summed E-state index contributed by atoms with van der Waals surface area (Å²) in [6.45, 7) is 13.4. The Labute approximate surface area is 245 Å². The number of ether oxygens (including phenoxy) is 1. The van der Waals surface area contributed by atoms with Gasteiger partial charge in [0.2, 0.25) is 0 Å². The molecule has 1 saturated heterocycles. The summed E-state index contributed by atoms with van der Waals surface area (Å²) in [5, 5.41) is 2.45. The van der Waals surface area contributed by atoms with Crippen molar-refractivity contribution >= 4 is 31.0 Å². The second kappa shape index (κ2) is 11.5. The minimum atomic E-state index is -1.27. The third-order valence-corrected chi connectivity index (χ3v) is 8.39. The molecule has 41 heavy (non-hydrogen) atoms. The number of amides is 1. The Bertz CT molecular complexity index is 1600. The highest BCUT2D eigenvalue weighted by atomic mass is 28.3. The smallest absolute Gasteiger partial charge is 0.410 e. The second-order valence-electron chi connectivity index (χ2n) is 13.0. The predicted molar refractivity (Wildman–Crippen MR) is 173 cm³/mol. The van der Waals surface area contributed by atoms with E-state index < -0.39 is 13.7 Å². The molecule has 5 nitrogen and oxygen atoms in total. The maximum absolute atomic E-state index is 12.9. The fraction of sp³-hybridized carbons (Fsp3) is 0.314. The zero-order chi connectivity index (χ0) is 29.2. The van der Waals surface area contributed by atoms with Crippen LogP contribution in [0.2, 0.25) is 19.6 Å². The van der Waals surface area contributed by atoms with E-state index in [-0.39, 0.29) is 12.1 Å². The molecule has 1 N–H and O–H groups in total. The van der Waals surface area contributed by atoms with E-state index in [1.165, 1.54) is 21.9 Å². The number of imidazole rings is 1. The van der Waals surface area contributed by atoms with Gasteiger partial charge in [0.05, 0.1) is 26.0 Å². The molecule has 0 unspecified atom stereocenters. The largest absolute Gasteiger partial charge is 0.444 e. The molecule has 1 atom stereocenters. The van der Waals surface area contributed by atoms with Crippen molar-refractivity contribution in [1.82, 2.24) is 14.9 Å². The van der Waals surface area contributed by atoms with E-state index in [4.69, 9.17) is 9.72 Å². The first-order valence-corrected chi connectivity index (χ1v) is 18.1. The number of aromatic nitrogens is 2. The van der Waals surface area contributed by atoms with Crippen LogP contribution in [-0.4, -0.2) is 41.2 Å². The number of aromatic amines is 1. The third-order valence-electron chi connectivity index (χ3n) is 7.20. The number of hydrogen-bond donors (Lipinski definition) is 1. The van der Waals surface area contributed by atoms with Gasteiger partial charge in [0, 0.05) is 12.1 Å². The zero-order valence-electron chi connectivity index (χ0n) is 25.1. The molecular formula is C35H41N3O2Si. The van der Waals surface area contributed by atoms with Gasteiger partial charge in [-0.25, -0.2) is 9.78 Å². The van der Waals surface area contributed by atoms with Gasteiger partial charge in [0.15, 0.2) is 0 Å². The number of carbonyl (C=O) groups is 1. The molecule has 212 valence electrons. The van der Waals surface area contributed by atoms with E-state index in [0.29, 0.717) is 6.54 Å². The van der Waals surface area contributed by atoms with Crippen molar-refractivity contribution in [1.29, 1.82) is 0 Å². The number of carbonyl (C=O) groups excluding carboxylic acids is 1. The van der Waals surface area contributed by atoms with Crippen LogP contribution in [0.3, 0.4) is 0 Å². The van der Waals surface area contributed by atoms with Crippen molar-refractivity contribution in [3.63, 3.8) is 0 Å². The fourth-order valence-corrected chi connectivity index (χ4v) is 5.91. The quantitative estimate of drug-likeness (QED) is 0.188. The van der Waals surface area contributed by atoms with Gasteiger partial charge < -0.3 is 9.72 Å². The topological polar surface area (TPSA) is 58.2 Å². The maximum atomic E-state index is 12.9. The summed E-state index contributed by atoms with van der Waals surface area (Å²) in [5.41, 5.74) is 7.32.